The van der Waals surface area contributed by atoms with Crippen molar-refractivity contribution < 1.29 is 17.8 Å². The molecule has 1 amide bonds. The molecule has 0 unspecified atom stereocenters. The maximum absolute atomic E-state index is 14.3. The number of aromatic nitrogens is 2. The van der Waals surface area contributed by atoms with Crippen LogP contribution in [-0.4, -0.2) is 37.4 Å². The Morgan fingerprint density at radius 2 is 2.04 bits per heavy atom. The van der Waals surface area contributed by atoms with E-state index in [4.69, 9.17) is 0 Å². The first-order valence-corrected chi connectivity index (χ1v) is 10.7. The third kappa shape index (κ3) is 2.90. The van der Waals surface area contributed by atoms with Crippen LogP contribution in [0.15, 0.2) is 18.2 Å². The lowest BCUT2D eigenvalue weighted by atomic mass is 10.1. The molecule has 27 heavy (non-hydrogen) atoms. The highest BCUT2D eigenvalue weighted by Crippen LogP contribution is 2.57. The third-order valence-corrected chi connectivity index (χ3v) is 7.22. The molecule has 1 saturated heterocycles. The number of hydrogen-bond acceptors (Lipinski definition) is 3. The minimum absolute atomic E-state index is 0.00510. The van der Waals surface area contributed by atoms with Crippen LogP contribution in [0.1, 0.15) is 46.9 Å². The topological polar surface area (TPSA) is 64.0 Å². The van der Waals surface area contributed by atoms with Crippen molar-refractivity contribution in [2.45, 2.75) is 37.6 Å². The zero-order valence-corrected chi connectivity index (χ0v) is 15.4. The number of carbonyl (C=O) groups is 1. The fraction of sp³-hybridized carbons (Fsp3) is 0.474. The molecule has 0 radical (unpaired) electrons. The van der Waals surface area contributed by atoms with E-state index >= 15 is 0 Å². The standard InChI is InChI=1S/C19H19F2N3O2S/c20-11-1-2-16(15(21)9-11)24-18-13-7-10(13)8-14(18)17(23-24)19(25)22-12-3-5-27(26)6-4-12/h1-2,9-10,12-13H,3-8H2,(H,22,25)/t10-,12?,13-,27?/m1/s1. The van der Waals surface area contributed by atoms with Gasteiger partial charge in [-0.3, -0.25) is 9.00 Å². The van der Waals surface area contributed by atoms with Gasteiger partial charge in [0, 0.05) is 45.9 Å². The van der Waals surface area contributed by atoms with Gasteiger partial charge in [0.15, 0.2) is 11.5 Å². The highest BCUT2D eigenvalue weighted by Gasteiger charge is 2.50. The highest BCUT2D eigenvalue weighted by molar-refractivity contribution is 7.85. The summed E-state index contributed by atoms with van der Waals surface area (Å²) in [6.07, 6.45) is 3.19. The molecular formula is C19H19F2N3O2S. The van der Waals surface area contributed by atoms with Gasteiger partial charge in [0.05, 0.1) is 5.69 Å². The zero-order valence-electron chi connectivity index (χ0n) is 14.6. The molecule has 2 atom stereocenters. The number of amides is 1. The zero-order chi connectivity index (χ0) is 18.7. The summed E-state index contributed by atoms with van der Waals surface area (Å²) in [4.78, 5) is 12.8. The van der Waals surface area contributed by atoms with Gasteiger partial charge in [-0.25, -0.2) is 13.5 Å². The fourth-order valence-corrected chi connectivity index (χ4v) is 5.63. The smallest absolute Gasteiger partial charge is 0.272 e. The van der Waals surface area contributed by atoms with Crippen LogP contribution in [0.25, 0.3) is 5.69 Å². The van der Waals surface area contributed by atoms with Crippen LogP contribution in [0, 0.1) is 17.6 Å². The molecule has 5 rings (SSSR count). The molecular weight excluding hydrogens is 372 g/mol. The Kier molecular flexibility index (Phi) is 3.93. The van der Waals surface area contributed by atoms with Crippen LogP contribution in [-0.2, 0) is 17.2 Å². The van der Waals surface area contributed by atoms with Crippen molar-refractivity contribution in [1.29, 1.82) is 0 Å². The normalized spacial score (nSPS) is 28.5. The van der Waals surface area contributed by atoms with E-state index in [0.29, 0.717) is 41.9 Å². The molecule has 1 aromatic heterocycles. The van der Waals surface area contributed by atoms with Gasteiger partial charge >= 0.3 is 0 Å². The Morgan fingerprint density at radius 1 is 1.26 bits per heavy atom. The Morgan fingerprint density at radius 3 is 2.78 bits per heavy atom. The molecule has 1 aliphatic heterocycles. The molecule has 0 spiro atoms. The lowest BCUT2D eigenvalue weighted by molar-refractivity contribution is 0.0928. The van der Waals surface area contributed by atoms with Crippen LogP contribution in [0.2, 0.25) is 0 Å². The van der Waals surface area contributed by atoms with E-state index in [2.05, 4.69) is 10.4 Å². The predicted molar refractivity (Wildman–Crippen MR) is 96.4 cm³/mol. The second-order valence-electron chi connectivity index (χ2n) is 7.62. The van der Waals surface area contributed by atoms with E-state index in [9.17, 15) is 17.8 Å². The summed E-state index contributed by atoms with van der Waals surface area (Å²) in [5.74, 6) is 0.409. The van der Waals surface area contributed by atoms with Gasteiger partial charge in [-0.15, -0.1) is 0 Å². The molecule has 2 aliphatic carbocycles. The van der Waals surface area contributed by atoms with E-state index in [1.807, 2.05) is 0 Å². The minimum atomic E-state index is -0.788. The first kappa shape index (κ1) is 17.0. The lowest BCUT2D eigenvalue weighted by Gasteiger charge is -2.22. The number of benzene rings is 1. The summed E-state index contributed by atoms with van der Waals surface area (Å²) in [6.45, 7) is 0. The molecule has 5 nitrogen and oxygen atoms in total. The average Bonchev–Trinajstić information content (AvgIpc) is 3.14. The molecule has 0 bridgehead atoms. The first-order valence-electron chi connectivity index (χ1n) is 9.24. The van der Waals surface area contributed by atoms with Gasteiger partial charge < -0.3 is 5.32 Å². The SMILES string of the molecule is O=C(NC1CCS(=O)CC1)c1nn(-c2ccc(F)cc2F)c2c1C[C@H]1C[C@@H]21. The summed E-state index contributed by atoms with van der Waals surface area (Å²) in [5.41, 5.74) is 2.29. The summed E-state index contributed by atoms with van der Waals surface area (Å²) < 4.78 is 40.6. The number of nitrogens with one attached hydrogen (secondary N) is 1. The predicted octanol–water partition coefficient (Wildman–Crippen LogP) is 2.45. The van der Waals surface area contributed by atoms with E-state index in [1.165, 1.54) is 16.8 Å². The number of hydrogen-bond donors (Lipinski definition) is 1. The minimum Gasteiger partial charge on any atom is -0.348 e. The first-order chi connectivity index (χ1) is 13.0. The van der Waals surface area contributed by atoms with Crippen LogP contribution in [0.4, 0.5) is 8.78 Å². The van der Waals surface area contributed by atoms with E-state index in [0.717, 1.165) is 30.2 Å². The number of nitrogens with zero attached hydrogens (tertiary/aromatic N) is 2. The molecule has 8 heteroatoms. The number of rotatable bonds is 3. The van der Waals surface area contributed by atoms with Gasteiger partial charge in [-0.1, -0.05) is 0 Å². The van der Waals surface area contributed by atoms with Crippen molar-refractivity contribution in [2.75, 3.05) is 11.5 Å². The largest absolute Gasteiger partial charge is 0.348 e. The summed E-state index contributed by atoms with van der Waals surface area (Å²) >= 11 is 0. The Balaban J connectivity index is 1.48. The molecule has 2 fully saturated rings. The number of carbonyl (C=O) groups excluding carboxylic acids is 1. The van der Waals surface area contributed by atoms with Crippen molar-refractivity contribution in [3.63, 3.8) is 0 Å². The second kappa shape index (κ2) is 6.22. The number of halogens is 2. The van der Waals surface area contributed by atoms with Crippen molar-refractivity contribution >= 4 is 16.7 Å². The van der Waals surface area contributed by atoms with Gasteiger partial charge in [-0.05, 0) is 43.7 Å². The molecule has 1 saturated carbocycles. The summed E-state index contributed by atoms with van der Waals surface area (Å²) in [7, 11) is -0.788. The van der Waals surface area contributed by atoms with E-state index in [-0.39, 0.29) is 17.6 Å². The summed E-state index contributed by atoms with van der Waals surface area (Å²) in [6, 6.07) is 3.40. The van der Waals surface area contributed by atoms with Crippen LogP contribution >= 0.6 is 0 Å². The van der Waals surface area contributed by atoms with Gasteiger partial charge in [0.1, 0.15) is 11.5 Å². The lowest BCUT2D eigenvalue weighted by Crippen LogP contribution is -2.40. The Hall–Kier alpha value is -2.09. The average molecular weight is 391 g/mol. The Labute approximate surface area is 157 Å². The Bertz CT molecular complexity index is 964. The third-order valence-electron chi connectivity index (χ3n) is 5.84. The van der Waals surface area contributed by atoms with Gasteiger partial charge in [0.25, 0.3) is 5.91 Å². The maximum atomic E-state index is 14.3. The molecule has 3 aliphatic rings. The molecule has 2 heterocycles. The van der Waals surface area contributed by atoms with E-state index < -0.39 is 22.4 Å². The highest BCUT2D eigenvalue weighted by atomic mass is 32.2. The summed E-state index contributed by atoms with van der Waals surface area (Å²) in [5, 5.41) is 7.43. The van der Waals surface area contributed by atoms with E-state index in [1.54, 1.807) is 0 Å². The molecule has 142 valence electrons. The van der Waals surface area contributed by atoms with Crippen LogP contribution in [0.3, 0.4) is 0 Å². The van der Waals surface area contributed by atoms with Crippen molar-refractivity contribution in [3.8, 4) is 5.69 Å². The van der Waals surface area contributed by atoms with Crippen molar-refractivity contribution in [1.82, 2.24) is 15.1 Å². The van der Waals surface area contributed by atoms with Crippen LogP contribution < -0.4 is 5.32 Å². The van der Waals surface area contributed by atoms with Crippen LogP contribution in [0.5, 0.6) is 0 Å². The van der Waals surface area contributed by atoms with Gasteiger partial charge in [-0.2, -0.15) is 5.10 Å². The monoisotopic (exact) mass is 391 g/mol. The van der Waals surface area contributed by atoms with Crippen molar-refractivity contribution in [3.05, 3.63) is 46.8 Å². The van der Waals surface area contributed by atoms with Crippen molar-refractivity contribution in [2.24, 2.45) is 5.92 Å². The maximum Gasteiger partial charge on any atom is 0.272 e. The molecule has 2 aromatic rings. The molecule has 1 aromatic carbocycles. The quantitative estimate of drug-likeness (QED) is 0.874. The number of fused-ring (bicyclic) bond motifs is 3. The fourth-order valence-electron chi connectivity index (χ4n) is 4.33. The second-order valence-corrected chi connectivity index (χ2v) is 9.32. The molecule has 1 N–H and O–H groups in total. The van der Waals surface area contributed by atoms with Gasteiger partial charge in [0.2, 0.25) is 0 Å².